The molecule has 1 fully saturated rings. The van der Waals surface area contributed by atoms with Gasteiger partial charge in [0.25, 0.3) is 0 Å². The predicted molar refractivity (Wildman–Crippen MR) is 116 cm³/mol. The van der Waals surface area contributed by atoms with Gasteiger partial charge in [0.1, 0.15) is 35.9 Å². The van der Waals surface area contributed by atoms with Crippen molar-refractivity contribution in [1.82, 2.24) is 10.2 Å². The van der Waals surface area contributed by atoms with Crippen LogP contribution < -0.4 is 9.47 Å². The first-order valence-electron chi connectivity index (χ1n) is 10.5. The number of rotatable bonds is 7. The number of aryl methyl sites for hydroxylation is 3. The van der Waals surface area contributed by atoms with Crippen LogP contribution in [0.15, 0.2) is 36.4 Å². The minimum absolute atomic E-state index is 0.433. The van der Waals surface area contributed by atoms with Crippen LogP contribution in [0.3, 0.4) is 0 Å². The number of H-pyrrole nitrogens is 1. The van der Waals surface area contributed by atoms with Crippen molar-refractivity contribution in [2.45, 2.75) is 50.5 Å². The van der Waals surface area contributed by atoms with E-state index in [1.807, 2.05) is 37.3 Å². The molecule has 1 saturated heterocycles. The highest BCUT2D eigenvalue weighted by Gasteiger charge is 2.44. The summed E-state index contributed by atoms with van der Waals surface area (Å²) < 4.78 is 16.7. The average Bonchev–Trinajstić information content (AvgIpc) is 3.21. The second-order valence-electron chi connectivity index (χ2n) is 8.02. The Balaban J connectivity index is 1.59. The number of benzene rings is 2. The third-order valence-corrected chi connectivity index (χ3v) is 5.75. The molecule has 5 atom stereocenters. The Hall–Kier alpha value is -2.69. The highest BCUT2D eigenvalue weighted by Crippen LogP contribution is 2.33. The van der Waals surface area contributed by atoms with E-state index in [0.29, 0.717) is 17.7 Å². The van der Waals surface area contributed by atoms with Crippen molar-refractivity contribution in [1.29, 1.82) is 0 Å². The van der Waals surface area contributed by atoms with Crippen molar-refractivity contribution in [3.8, 4) is 11.5 Å². The van der Waals surface area contributed by atoms with Crippen LogP contribution in [0, 0.1) is 6.92 Å². The van der Waals surface area contributed by atoms with Gasteiger partial charge in [-0.15, -0.1) is 0 Å². The first kappa shape index (κ1) is 22.5. The van der Waals surface area contributed by atoms with Crippen LogP contribution in [0.1, 0.15) is 16.8 Å². The first-order chi connectivity index (χ1) is 15.4. The highest BCUT2D eigenvalue weighted by atomic mass is 16.7. The average molecular weight is 444 g/mol. The number of methoxy groups -OCH3 is 1. The van der Waals surface area contributed by atoms with Gasteiger partial charge >= 0.3 is 0 Å². The molecule has 4 rings (SSSR count). The molecule has 3 aromatic rings. The third-order valence-electron chi connectivity index (χ3n) is 5.75. The van der Waals surface area contributed by atoms with E-state index in [4.69, 9.17) is 14.2 Å². The molecule has 1 aliphatic heterocycles. The predicted octanol–water partition coefficient (Wildman–Crippen LogP) is 0.844. The number of aromatic nitrogens is 2. The Labute approximate surface area is 185 Å². The summed E-state index contributed by atoms with van der Waals surface area (Å²) in [6, 6.07) is 11.6. The van der Waals surface area contributed by atoms with E-state index in [1.54, 1.807) is 13.2 Å². The fourth-order valence-electron chi connectivity index (χ4n) is 3.94. The molecule has 1 aromatic heterocycles. The summed E-state index contributed by atoms with van der Waals surface area (Å²) in [4.78, 5) is 0. The lowest BCUT2D eigenvalue weighted by Crippen LogP contribution is -2.60. The Bertz CT molecular complexity index is 1050. The van der Waals surface area contributed by atoms with Crippen LogP contribution in [0.25, 0.3) is 10.9 Å². The second kappa shape index (κ2) is 9.43. The Morgan fingerprint density at radius 3 is 2.47 bits per heavy atom. The summed E-state index contributed by atoms with van der Waals surface area (Å²) in [6.07, 6.45) is -5.33. The van der Waals surface area contributed by atoms with Crippen molar-refractivity contribution in [2.75, 3.05) is 13.7 Å². The van der Waals surface area contributed by atoms with Crippen LogP contribution in [0.2, 0.25) is 0 Å². The van der Waals surface area contributed by atoms with E-state index in [1.165, 1.54) is 0 Å². The van der Waals surface area contributed by atoms with Gasteiger partial charge in [0.15, 0.2) is 0 Å². The number of hydrogen-bond acceptors (Lipinski definition) is 8. The maximum atomic E-state index is 10.4. The van der Waals surface area contributed by atoms with E-state index >= 15 is 0 Å². The monoisotopic (exact) mass is 444 g/mol. The van der Waals surface area contributed by atoms with E-state index in [2.05, 4.69) is 10.2 Å². The van der Waals surface area contributed by atoms with Crippen molar-refractivity contribution in [3.05, 3.63) is 53.2 Å². The molecule has 0 bridgehead atoms. The standard InChI is InChI=1S/C23H28N2O7/c1-12-9-16-19(15(24-25-16)8-5-13-3-6-14(30-2)7-4-13)17(10-12)31-23-22(29)21(28)20(27)18(11-26)32-23/h3-4,6-7,9-10,18,20-23,26-29H,5,8,11H2,1-2H3,(H,24,25)/t18-,20-,21+,22-,23-/m1/s1. The molecule has 2 heterocycles. The molecular weight excluding hydrogens is 416 g/mol. The molecule has 172 valence electrons. The molecule has 0 radical (unpaired) electrons. The topological polar surface area (TPSA) is 137 Å². The molecule has 0 saturated carbocycles. The van der Waals surface area contributed by atoms with Crippen LogP contribution >= 0.6 is 0 Å². The van der Waals surface area contributed by atoms with Crippen LogP contribution in [-0.4, -0.2) is 75.0 Å². The molecule has 0 spiro atoms. The fourth-order valence-corrected chi connectivity index (χ4v) is 3.94. The number of aromatic amines is 1. The van der Waals surface area contributed by atoms with Gasteiger partial charge in [0, 0.05) is 5.69 Å². The maximum absolute atomic E-state index is 10.4. The number of hydrogen-bond donors (Lipinski definition) is 5. The zero-order valence-electron chi connectivity index (χ0n) is 17.9. The second-order valence-corrected chi connectivity index (χ2v) is 8.02. The lowest BCUT2D eigenvalue weighted by atomic mass is 9.99. The number of nitrogens with zero attached hydrogens (tertiary/aromatic N) is 1. The van der Waals surface area contributed by atoms with E-state index < -0.39 is 37.3 Å². The van der Waals surface area contributed by atoms with Gasteiger partial charge in [-0.3, -0.25) is 5.10 Å². The van der Waals surface area contributed by atoms with Crippen molar-refractivity contribution in [3.63, 3.8) is 0 Å². The number of aliphatic hydroxyl groups excluding tert-OH is 4. The molecule has 32 heavy (non-hydrogen) atoms. The lowest BCUT2D eigenvalue weighted by molar-refractivity contribution is -0.277. The molecule has 1 aliphatic rings. The smallest absolute Gasteiger partial charge is 0.229 e. The first-order valence-corrected chi connectivity index (χ1v) is 10.5. The van der Waals surface area contributed by atoms with Gasteiger partial charge in [-0.05, 0) is 55.2 Å². The van der Waals surface area contributed by atoms with E-state index in [-0.39, 0.29) is 0 Å². The summed E-state index contributed by atoms with van der Waals surface area (Å²) in [5.74, 6) is 1.23. The van der Waals surface area contributed by atoms with Gasteiger partial charge in [-0.1, -0.05) is 12.1 Å². The quantitative estimate of drug-likeness (QED) is 0.362. The Morgan fingerprint density at radius 1 is 1.03 bits per heavy atom. The SMILES string of the molecule is COc1ccc(CCc2[nH]nc3cc(C)cc(O[C@@H]4O[C@H](CO)[C@@H](O)[C@H](O)[C@H]4O)c23)cc1. The van der Waals surface area contributed by atoms with Gasteiger partial charge in [0.05, 0.1) is 24.6 Å². The summed E-state index contributed by atoms with van der Waals surface area (Å²) in [6.45, 7) is 1.37. The Kier molecular flexibility index (Phi) is 6.63. The molecule has 0 amide bonds. The molecule has 9 nitrogen and oxygen atoms in total. The summed E-state index contributed by atoms with van der Waals surface area (Å²) in [5.41, 5.74) is 3.59. The fraction of sp³-hybridized carbons (Fsp3) is 0.435. The van der Waals surface area contributed by atoms with Gasteiger partial charge < -0.3 is 34.6 Å². The Morgan fingerprint density at radius 2 is 1.78 bits per heavy atom. The summed E-state index contributed by atoms with van der Waals surface area (Å²) in [7, 11) is 1.63. The largest absolute Gasteiger partial charge is 0.497 e. The van der Waals surface area contributed by atoms with Crippen LogP contribution in [0.4, 0.5) is 0 Å². The summed E-state index contributed by atoms with van der Waals surface area (Å²) in [5, 5.41) is 48.1. The minimum Gasteiger partial charge on any atom is -0.497 e. The third kappa shape index (κ3) is 4.43. The zero-order valence-corrected chi connectivity index (χ0v) is 17.9. The van der Waals surface area contributed by atoms with E-state index in [0.717, 1.165) is 34.4 Å². The van der Waals surface area contributed by atoms with Gasteiger partial charge in [-0.25, -0.2) is 0 Å². The van der Waals surface area contributed by atoms with Crippen molar-refractivity contribution >= 4 is 10.9 Å². The van der Waals surface area contributed by atoms with Gasteiger partial charge in [-0.2, -0.15) is 5.10 Å². The van der Waals surface area contributed by atoms with Crippen LogP contribution in [0.5, 0.6) is 11.5 Å². The number of nitrogens with one attached hydrogen (secondary N) is 1. The molecule has 0 unspecified atom stereocenters. The van der Waals surface area contributed by atoms with Crippen LogP contribution in [-0.2, 0) is 17.6 Å². The maximum Gasteiger partial charge on any atom is 0.229 e. The number of aliphatic hydroxyl groups is 4. The number of fused-ring (bicyclic) bond motifs is 1. The highest BCUT2D eigenvalue weighted by molar-refractivity contribution is 5.88. The normalized spacial score (nSPS) is 25.8. The molecule has 2 aromatic carbocycles. The summed E-state index contributed by atoms with van der Waals surface area (Å²) >= 11 is 0. The van der Waals surface area contributed by atoms with E-state index in [9.17, 15) is 20.4 Å². The molecule has 0 aliphatic carbocycles. The lowest BCUT2D eigenvalue weighted by Gasteiger charge is -2.39. The molecular formula is C23H28N2O7. The molecule has 5 N–H and O–H groups in total. The number of ether oxygens (including phenoxy) is 3. The van der Waals surface area contributed by atoms with Crippen molar-refractivity contribution in [2.24, 2.45) is 0 Å². The van der Waals surface area contributed by atoms with Crippen molar-refractivity contribution < 1.29 is 34.6 Å². The van der Waals surface area contributed by atoms with Gasteiger partial charge in [0.2, 0.25) is 6.29 Å². The molecule has 9 heteroatoms. The zero-order chi connectivity index (χ0) is 22.8. The minimum atomic E-state index is -1.51.